The second-order valence-corrected chi connectivity index (χ2v) is 8.70. The van der Waals surface area contributed by atoms with Crippen LogP contribution in [0.3, 0.4) is 0 Å². The minimum absolute atomic E-state index is 0.0385. The molecule has 1 aromatic heterocycles. The van der Waals surface area contributed by atoms with Gasteiger partial charge in [0.25, 0.3) is 0 Å². The zero-order chi connectivity index (χ0) is 19.1. The number of nitrogens with one attached hydrogen (secondary N) is 1. The molecule has 2 N–H and O–H groups in total. The van der Waals surface area contributed by atoms with Gasteiger partial charge in [-0.05, 0) is 43.7 Å². The van der Waals surface area contributed by atoms with Gasteiger partial charge in [-0.3, -0.25) is 4.68 Å². The number of aryl methyl sites for hydroxylation is 3. The van der Waals surface area contributed by atoms with Crippen molar-refractivity contribution in [3.8, 4) is 5.75 Å². The molecular formula is C18H25N3O4S. The van der Waals surface area contributed by atoms with Crippen LogP contribution >= 0.6 is 0 Å². The third-order valence-corrected chi connectivity index (χ3v) is 6.55. The van der Waals surface area contributed by atoms with Gasteiger partial charge in [0.15, 0.2) is 0 Å². The molecule has 0 amide bonds. The Balaban J connectivity index is 1.95. The van der Waals surface area contributed by atoms with E-state index in [0.29, 0.717) is 24.2 Å². The molecule has 7 nitrogen and oxygen atoms in total. The summed E-state index contributed by atoms with van der Waals surface area (Å²) >= 11 is 0. The van der Waals surface area contributed by atoms with Gasteiger partial charge < -0.3 is 9.84 Å². The number of aliphatic hydroxyl groups is 1. The van der Waals surface area contributed by atoms with Crippen LogP contribution in [0.15, 0.2) is 29.4 Å². The first-order valence-electron chi connectivity index (χ1n) is 8.55. The Hall–Kier alpha value is -1.90. The third kappa shape index (κ3) is 3.62. The molecule has 1 fully saturated rings. The smallest absolute Gasteiger partial charge is 0.241 e. The molecule has 1 aliphatic carbocycles. The Labute approximate surface area is 154 Å². The SMILES string of the molecule is COc1cc(S(=O)(=O)N[C@@H](c2cnn(C)c2)C2CC(O)C2)c(C)cc1C. The van der Waals surface area contributed by atoms with Gasteiger partial charge in [-0.2, -0.15) is 5.10 Å². The summed E-state index contributed by atoms with van der Waals surface area (Å²) in [5.74, 6) is 0.574. The number of hydrogen-bond acceptors (Lipinski definition) is 5. The van der Waals surface area contributed by atoms with Crippen LogP contribution < -0.4 is 9.46 Å². The van der Waals surface area contributed by atoms with Crippen molar-refractivity contribution in [3.05, 3.63) is 41.2 Å². The summed E-state index contributed by atoms with van der Waals surface area (Å²) in [4.78, 5) is 0.203. The summed E-state index contributed by atoms with van der Waals surface area (Å²) in [6, 6.07) is 2.94. The average molecular weight is 379 g/mol. The average Bonchev–Trinajstić information content (AvgIpc) is 2.96. The van der Waals surface area contributed by atoms with E-state index >= 15 is 0 Å². The molecule has 1 atom stereocenters. The van der Waals surface area contributed by atoms with E-state index in [1.807, 2.05) is 6.92 Å². The van der Waals surface area contributed by atoms with Crippen LogP contribution in [0.5, 0.6) is 5.75 Å². The van der Waals surface area contributed by atoms with E-state index in [4.69, 9.17) is 4.74 Å². The minimum atomic E-state index is -3.77. The topological polar surface area (TPSA) is 93.5 Å². The van der Waals surface area contributed by atoms with E-state index in [0.717, 1.165) is 11.1 Å². The minimum Gasteiger partial charge on any atom is -0.496 e. The predicted molar refractivity (Wildman–Crippen MR) is 97.5 cm³/mol. The molecule has 8 heteroatoms. The summed E-state index contributed by atoms with van der Waals surface area (Å²) in [5, 5.41) is 13.8. The van der Waals surface area contributed by atoms with Crippen LogP contribution in [0, 0.1) is 19.8 Å². The maximum Gasteiger partial charge on any atom is 0.241 e. The number of sulfonamides is 1. The molecule has 0 unspecified atom stereocenters. The molecule has 2 aromatic rings. The quantitative estimate of drug-likeness (QED) is 0.799. The number of aromatic nitrogens is 2. The van der Waals surface area contributed by atoms with Gasteiger partial charge in [0, 0.05) is 24.9 Å². The lowest BCUT2D eigenvalue weighted by Gasteiger charge is -2.37. The van der Waals surface area contributed by atoms with Gasteiger partial charge in [-0.1, -0.05) is 6.07 Å². The molecule has 1 aliphatic rings. The van der Waals surface area contributed by atoms with Crippen molar-refractivity contribution >= 4 is 10.0 Å². The van der Waals surface area contributed by atoms with E-state index in [-0.39, 0.29) is 16.9 Å². The highest BCUT2D eigenvalue weighted by molar-refractivity contribution is 7.89. The predicted octanol–water partition coefficient (Wildman–Crippen LogP) is 1.84. The van der Waals surface area contributed by atoms with E-state index in [2.05, 4.69) is 9.82 Å². The van der Waals surface area contributed by atoms with Crippen LogP contribution in [-0.4, -0.2) is 36.5 Å². The number of hydrogen-bond donors (Lipinski definition) is 2. The largest absolute Gasteiger partial charge is 0.496 e. The zero-order valence-electron chi connectivity index (χ0n) is 15.4. The van der Waals surface area contributed by atoms with Gasteiger partial charge >= 0.3 is 0 Å². The molecule has 0 spiro atoms. The molecule has 1 heterocycles. The standard InChI is InChI=1S/C18H25N3O4S/c1-11-5-12(2)17(8-16(11)25-4)26(23,24)20-18(13-6-15(22)7-13)14-9-19-21(3)10-14/h5,8-10,13,15,18,20,22H,6-7H2,1-4H3/t13?,15?,18-/m1/s1. The Morgan fingerprint density at radius 2 is 2.00 bits per heavy atom. The van der Waals surface area contributed by atoms with E-state index in [1.165, 1.54) is 7.11 Å². The molecule has 0 aliphatic heterocycles. The number of rotatable bonds is 6. The fourth-order valence-electron chi connectivity index (χ4n) is 3.49. The number of benzene rings is 1. The van der Waals surface area contributed by atoms with Crippen molar-refractivity contribution in [2.75, 3.05) is 7.11 Å². The van der Waals surface area contributed by atoms with Crippen LogP contribution in [0.4, 0.5) is 0 Å². The van der Waals surface area contributed by atoms with Crippen molar-refractivity contribution in [1.82, 2.24) is 14.5 Å². The van der Waals surface area contributed by atoms with Crippen molar-refractivity contribution < 1.29 is 18.3 Å². The summed E-state index contributed by atoms with van der Waals surface area (Å²) in [6.07, 6.45) is 4.24. The number of aliphatic hydroxyl groups excluding tert-OH is 1. The first kappa shape index (κ1) is 18.9. The molecule has 0 bridgehead atoms. The molecular weight excluding hydrogens is 354 g/mol. The van der Waals surface area contributed by atoms with E-state index in [1.54, 1.807) is 43.2 Å². The normalized spacial score (nSPS) is 21.3. The maximum absolute atomic E-state index is 13.1. The number of methoxy groups -OCH3 is 1. The lowest BCUT2D eigenvalue weighted by Crippen LogP contribution is -2.41. The number of ether oxygens (including phenoxy) is 1. The Morgan fingerprint density at radius 3 is 2.54 bits per heavy atom. The van der Waals surface area contributed by atoms with Crippen molar-refractivity contribution in [1.29, 1.82) is 0 Å². The van der Waals surface area contributed by atoms with Crippen molar-refractivity contribution in [3.63, 3.8) is 0 Å². The van der Waals surface area contributed by atoms with E-state index < -0.39 is 16.1 Å². The second-order valence-electron chi connectivity index (χ2n) is 7.02. The van der Waals surface area contributed by atoms with Gasteiger partial charge in [0.2, 0.25) is 10.0 Å². The van der Waals surface area contributed by atoms with Crippen molar-refractivity contribution in [2.24, 2.45) is 13.0 Å². The van der Waals surface area contributed by atoms with Crippen LogP contribution in [0.25, 0.3) is 0 Å². The van der Waals surface area contributed by atoms with E-state index in [9.17, 15) is 13.5 Å². The van der Waals surface area contributed by atoms with Gasteiger partial charge in [0.1, 0.15) is 5.75 Å². The van der Waals surface area contributed by atoms with Crippen LogP contribution in [0.1, 0.15) is 35.6 Å². The molecule has 1 saturated carbocycles. The molecule has 3 rings (SSSR count). The number of nitrogens with zero attached hydrogens (tertiary/aromatic N) is 2. The highest BCUT2D eigenvalue weighted by atomic mass is 32.2. The first-order valence-corrected chi connectivity index (χ1v) is 10.0. The maximum atomic E-state index is 13.1. The summed E-state index contributed by atoms with van der Waals surface area (Å²) in [5.41, 5.74) is 2.34. The summed E-state index contributed by atoms with van der Waals surface area (Å²) in [7, 11) is -0.451. The monoisotopic (exact) mass is 379 g/mol. The second kappa shape index (κ2) is 7.02. The van der Waals surface area contributed by atoms with Crippen LogP contribution in [-0.2, 0) is 17.1 Å². The molecule has 0 radical (unpaired) electrons. The molecule has 26 heavy (non-hydrogen) atoms. The molecule has 142 valence electrons. The van der Waals surface area contributed by atoms with Gasteiger partial charge in [-0.25, -0.2) is 13.1 Å². The third-order valence-electron chi connectivity index (χ3n) is 4.97. The fraction of sp³-hybridized carbons (Fsp3) is 0.500. The molecule has 1 aromatic carbocycles. The highest BCUT2D eigenvalue weighted by Gasteiger charge is 2.38. The van der Waals surface area contributed by atoms with Crippen molar-refractivity contribution in [2.45, 2.75) is 43.7 Å². The van der Waals surface area contributed by atoms with Gasteiger partial charge in [0.05, 0.1) is 30.3 Å². The van der Waals surface area contributed by atoms with Crippen LogP contribution in [0.2, 0.25) is 0 Å². The highest BCUT2D eigenvalue weighted by Crippen LogP contribution is 2.39. The van der Waals surface area contributed by atoms with Gasteiger partial charge in [-0.15, -0.1) is 0 Å². The molecule has 0 saturated heterocycles. The first-order chi connectivity index (χ1) is 12.2. The lowest BCUT2D eigenvalue weighted by atomic mass is 9.76. The summed E-state index contributed by atoms with van der Waals surface area (Å²) < 4.78 is 35.9. The fourth-order valence-corrected chi connectivity index (χ4v) is 5.03. The summed E-state index contributed by atoms with van der Waals surface area (Å²) in [6.45, 7) is 3.65. The Morgan fingerprint density at radius 1 is 1.31 bits per heavy atom. The Bertz CT molecular complexity index is 901. The zero-order valence-corrected chi connectivity index (χ0v) is 16.2. The lowest BCUT2D eigenvalue weighted by molar-refractivity contribution is 0.0280. The Kier molecular flexibility index (Phi) is 5.09.